The van der Waals surface area contributed by atoms with E-state index in [2.05, 4.69) is 5.32 Å². The highest BCUT2D eigenvalue weighted by molar-refractivity contribution is 5.76. The van der Waals surface area contributed by atoms with Gasteiger partial charge in [0.15, 0.2) is 0 Å². The van der Waals surface area contributed by atoms with E-state index in [1.165, 1.54) is 0 Å². The van der Waals surface area contributed by atoms with Crippen molar-refractivity contribution in [1.29, 1.82) is 0 Å². The summed E-state index contributed by atoms with van der Waals surface area (Å²) in [6.07, 6.45) is 2.73. The van der Waals surface area contributed by atoms with Gasteiger partial charge in [-0.25, -0.2) is 0 Å². The molecule has 12 heavy (non-hydrogen) atoms. The van der Waals surface area contributed by atoms with Gasteiger partial charge in [0, 0.05) is 12.6 Å². The molecular weight excluding hydrogens is 154 g/mol. The predicted molar refractivity (Wildman–Crippen MR) is 47.1 cm³/mol. The normalized spacial score (nSPS) is 20.6. The number of aliphatic carboxylic acids is 1. The third kappa shape index (κ3) is 1.78. The molecule has 0 spiro atoms. The average Bonchev–Trinajstić information content (AvgIpc) is 1.83. The maximum Gasteiger partial charge on any atom is 0.310 e. The molecule has 0 heterocycles. The van der Waals surface area contributed by atoms with E-state index >= 15 is 0 Å². The lowest BCUT2D eigenvalue weighted by atomic mass is 9.68. The zero-order chi connectivity index (χ0) is 9.19. The second kappa shape index (κ2) is 3.44. The van der Waals surface area contributed by atoms with E-state index in [9.17, 15) is 4.79 Å². The maximum atomic E-state index is 10.9. The van der Waals surface area contributed by atoms with E-state index in [4.69, 9.17) is 5.11 Å². The van der Waals surface area contributed by atoms with Crippen molar-refractivity contribution in [3.8, 4) is 0 Å². The molecule has 1 fully saturated rings. The zero-order valence-corrected chi connectivity index (χ0v) is 7.76. The van der Waals surface area contributed by atoms with Crippen molar-refractivity contribution >= 4 is 5.97 Å². The largest absolute Gasteiger partial charge is 0.481 e. The van der Waals surface area contributed by atoms with E-state index in [1.807, 2.05) is 13.8 Å². The van der Waals surface area contributed by atoms with E-state index < -0.39 is 11.4 Å². The van der Waals surface area contributed by atoms with Crippen molar-refractivity contribution in [2.45, 2.75) is 39.2 Å². The van der Waals surface area contributed by atoms with E-state index in [0.717, 1.165) is 19.3 Å². The SMILES string of the molecule is CC(C)NCC1(C(=O)O)CCC1. The fourth-order valence-electron chi connectivity index (χ4n) is 1.47. The standard InChI is InChI=1S/C9H17NO2/c1-7(2)10-6-9(8(11)12)4-3-5-9/h7,10H,3-6H2,1-2H3,(H,11,12). The van der Waals surface area contributed by atoms with Gasteiger partial charge >= 0.3 is 5.97 Å². The summed E-state index contributed by atoms with van der Waals surface area (Å²) in [5.74, 6) is -0.637. The van der Waals surface area contributed by atoms with Crippen molar-refractivity contribution in [1.82, 2.24) is 5.32 Å². The van der Waals surface area contributed by atoms with Gasteiger partial charge in [-0.1, -0.05) is 20.3 Å². The molecule has 3 nitrogen and oxygen atoms in total. The number of carboxylic acid groups (broad SMARTS) is 1. The lowest BCUT2D eigenvalue weighted by Crippen LogP contribution is -2.47. The van der Waals surface area contributed by atoms with Crippen LogP contribution in [0, 0.1) is 5.41 Å². The number of carboxylic acids is 1. The Morgan fingerprint density at radius 3 is 2.42 bits per heavy atom. The second-order valence-corrected chi connectivity index (χ2v) is 3.97. The Balaban J connectivity index is 2.40. The fraction of sp³-hybridized carbons (Fsp3) is 0.889. The lowest BCUT2D eigenvalue weighted by molar-refractivity contribution is -0.154. The van der Waals surface area contributed by atoms with Crippen LogP contribution in [0.15, 0.2) is 0 Å². The first-order valence-electron chi connectivity index (χ1n) is 4.54. The first kappa shape index (κ1) is 9.52. The quantitative estimate of drug-likeness (QED) is 0.669. The third-order valence-corrected chi connectivity index (χ3v) is 2.61. The van der Waals surface area contributed by atoms with Gasteiger partial charge in [0.1, 0.15) is 0 Å². The third-order valence-electron chi connectivity index (χ3n) is 2.61. The van der Waals surface area contributed by atoms with Gasteiger partial charge in [0.05, 0.1) is 5.41 Å². The highest BCUT2D eigenvalue weighted by Gasteiger charge is 2.43. The average molecular weight is 171 g/mol. The molecule has 3 heteroatoms. The summed E-state index contributed by atoms with van der Waals surface area (Å²) in [6.45, 7) is 4.70. The molecule has 1 aliphatic carbocycles. The number of carbonyl (C=O) groups is 1. The first-order chi connectivity index (χ1) is 5.57. The van der Waals surface area contributed by atoms with Crippen LogP contribution in [0.4, 0.5) is 0 Å². The molecule has 1 saturated carbocycles. The molecule has 0 aliphatic heterocycles. The summed E-state index contributed by atoms with van der Waals surface area (Å²) in [6, 6.07) is 0.377. The molecular formula is C9H17NO2. The Bertz CT molecular complexity index is 173. The summed E-state index contributed by atoms with van der Waals surface area (Å²) < 4.78 is 0. The molecule has 0 radical (unpaired) electrons. The maximum absolute atomic E-state index is 10.9. The van der Waals surface area contributed by atoms with Crippen LogP contribution in [0.25, 0.3) is 0 Å². The summed E-state index contributed by atoms with van der Waals surface area (Å²) in [4.78, 5) is 10.9. The molecule has 0 aromatic carbocycles. The first-order valence-corrected chi connectivity index (χ1v) is 4.54. The topological polar surface area (TPSA) is 49.3 Å². The van der Waals surface area contributed by atoms with E-state index in [-0.39, 0.29) is 0 Å². The molecule has 0 atom stereocenters. The fourth-order valence-corrected chi connectivity index (χ4v) is 1.47. The summed E-state index contributed by atoms with van der Waals surface area (Å²) in [5, 5.41) is 12.1. The van der Waals surface area contributed by atoms with Crippen molar-refractivity contribution in [2.24, 2.45) is 5.41 Å². The van der Waals surface area contributed by atoms with Crippen LogP contribution >= 0.6 is 0 Å². The van der Waals surface area contributed by atoms with Gasteiger partial charge in [-0.15, -0.1) is 0 Å². The smallest absolute Gasteiger partial charge is 0.310 e. The Labute approximate surface area is 73.2 Å². The van der Waals surface area contributed by atoms with Crippen molar-refractivity contribution < 1.29 is 9.90 Å². The van der Waals surface area contributed by atoms with E-state index in [1.54, 1.807) is 0 Å². The molecule has 1 aliphatic rings. The summed E-state index contributed by atoms with van der Waals surface area (Å²) >= 11 is 0. The van der Waals surface area contributed by atoms with E-state index in [0.29, 0.717) is 12.6 Å². The Morgan fingerprint density at radius 2 is 2.17 bits per heavy atom. The van der Waals surface area contributed by atoms with Gasteiger partial charge in [0.25, 0.3) is 0 Å². The molecule has 0 amide bonds. The monoisotopic (exact) mass is 171 g/mol. The Morgan fingerprint density at radius 1 is 1.58 bits per heavy atom. The highest BCUT2D eigenvalue weighted by Crippen LogP contribution is 2.40. The summed E-state index contributed by atoms with van der Waals surface area (Å²) in [5.41, 5.74) is -0.440. The van der Waals surface area contributed by atoms with Gasteiger partial charge in [0.2, 0.25) is 0 Å². The number of hydrogen-bond acceptors (Lipinski definition) is 2. The van der Waals surface area contributed by atoms with Gasteiger partial charge in [-0.3, -0.25) is 4.79 Å². The molecule has 2 N–H and O–H groups in total. The number of hydrogen-bond donors (Lipinski definition) is 2. The molecule has 1 rings (SSSR count). The van der Waals surface area contributed by atoms with Gasteiger partial charge in [-0.05, 0) is 12.8 Å². The second-order valence-electron chi connectivity index (χ2n) is 3.97. The molecule has 0 aromatic heterocycles. The number of nitrogens with one attached hydrogen (secondary N) is 1. The van der Waals surface area contributed by atoms with Crippen molar-refractivity contribution in [3.05, 3.63) is 0 Å². The number of rotatable bonds is 4. The molecule has 70 valence electrons. The van der Waals surface area contributed by atoms with Crippen LogP contribution in [-0.2, 0) is 4.79 Å². The van der Waals surface area contributed by atoms with Crippen LogP contribution in [0.1, 0.15) is 33.1 Å². The van der Waals surface area contributed by atoms with Crippen LogP contribution < -0.4 is 5.32 Å². The predicted octanol–water partition coefficient (Wildman–Crippen LogP) is 1.24. The van der Waals surface area contributed by atoms with Crippen molar-refractivity contribution in [2.75, 3.05) is 6.54 Å². The van der Waals surface area contributed by atoms with Gasteiger partial charge in [-0.2, -0.15) is 0 Å². The van der Waals surface area contributed by atoms with Gasteiger partial charge < -0.3 is 10.4 Å². The minimum Gasteiger partial charge on any atom is -0.481 e. The summed E-state index contributed by atoms with van der Waals surface area (Å²) in [7, 11) is 0. The Hall–Kier alpha value is -0.570. The molecule has 0 unspecified atom stereocenters. The Kier molecular flexibility index (Phi) is 2.73. The van der Waals surface area contributed by atoms with Crippen LogP contribution in [-0.4, -0.2) is 23.7 Å². The molecule has 0 saturated heterocycles. The zero-order valence-electron chi connectivity index (χ0n) is 7.76. The lowest BCUT2D eigenvalue weighted by Gasteiger charge is -2.38. The highest BCUT2D eigenvalue weighted by atomic mass is 16.4. The van der Waals surface area contributed by atoms with Crippen molar-refractivity contribution in [3.63, 3.8) is 0 Å². The van der Waals surface area contributed by atoms with Crippen LogP contribution in [0.2, 0.25) is 0 Å². The minimum atomic E-state index is -0.637. The minimum absolute atomic E-state index is 0.377. The molecule has 0 aromatic rings. The van der Waals surface area contributed by atoms with Crippen LogP contribution in [0.5, 0.6) is 0 Å². The molecule has 0 bridgehead atoms. The van der Waals surface area contributed by atoms with Crippen LogP contribution in [0.3, 0.4) is 0 Å².